The molecule has 9 nitrogen and oxygen atoms in total. The number of carbonyl (C=O) groups is 2. The summed E-state index contributed by atoms with van der Waals surface area (Å²) in [5, 5.41) is 2.50. The van der Waals surface area contributed by atoms with Gasteiger partial charge in [0, 0.05) is 19.8 Å². The summed E-state index contributed by atoms with van der Waals surface area (Å²) in [5.74, 6) is 0.0574. The molecule has 0 aliphatic heterocycles. The maximum absolute atomic E-state index is 12.3. The highest BCUT2D eigenvalue weighted by molar-refractivity contribution is 7.89. The molecule has 0 saturated carbocycles. The topological polar surface area (TPSA) is 111 Å². The molecule has 0 radical (unpaired) electrons. The van der Waals surface area contributed by atoms with Crippen LogP contribution in [0.2, 0.25) is 5.02 Å². The average Bonchev–Trinajstić information content (AvgIpc) is 2.75. The number of anilines is 1. The number of benzene rings is 2. The molecule has 0 bridgehead atoms. The number of halogens is 1. The van der Waals surface area contributed by atoms with Crippen LogP contribution in [0, 0.1) is 0 Å². The standard InChI is InChI=1S/C21H25ClN2O7S/c1-4-29-16-6-8-17(9-7-16)30-12-11-21(26)31-14-20(25)23-15-5-10-18(22)19(13-15)32(27,28)24(2)3/h5-10,13H,4,11-12,14H2,1-3H3,(H,23,25). The van der Waals surface area contributed by atoms with E-state index in [9.17, 15) is 18.0 Å². The van der Waals surface area contributed by atoms with E-state index in [2.05, 4.69) is 5.32 Å². The van der Waals surface area contributed by atoms with E-state index >= 15 is 0 Å². The van der Waals surface area contributed by atoms with E-state index in [0.717, 1.165) is 10.1 Å². The van der Waals surface area contributed by atoms with E-state index in [1.807, 2.05) is 6.92 Å². The van der Waals surface area contributed by atoms with Crippen LogP contribution in [0.4, 0.5) is 5.69 Å². The molecule has 1 amide bonds. The second kappa shape index (κ2) is 11.7. The number of amides is 1. The summed E-state index contributed by atoms with van der Waals surface area (Å²) in [6.07, 6.45) is -0.0489. The largest absolute Gasteiger partial charge is 0.494 e. The molecule has 0 atom stereocenters. The zero-order valence-electron chi connectivity index (χ0n) is 18.0. The molecule has 0 fully saturated rings. The van der Waals surface area contributed by atoms with E-state index in [-0.39, 0.29) is 28.6 Å². The third-order valence-corrected chi connectivity index (χ3v) is 6.34. The molecular formula is C21H25ClN2O7S. The van der Waals surface area contributed by atoms with Crippen molar-refractivity contribution < 1.29 is 32.2 Å². The van der Waals surface area contributed by atoms with Crippen LogP contribution in [0.3, 0.4) is 0 Å². The SMILES string of the molecule is CCOc1ccc(OCCC(=O)OCC(=O)Nc2ccc(Cl)c(S(=O)(=O)N(C)C)c2)cc1. The lowest BCUT2D eigenvalue weighted by molar-refractivity contribution is -0.147. The quantitative estimate of drug-likeness (QED) is 0.488. The second-order valence-electron chi connectivity index (χ2n) is 6.64. The fourth-order valence-corrected chi connectivity index (χ4v) is 3.84. The molecule has 2 rings (SSSR count). The van der Waals surface area contributed by atoms with Gasteiger partial charge in [-0.3, -0.25) is 9.59 Å². The van der Waals surface area contributed by atoms with Crippen molar-refractivity contribution in [1.29, 1.82) is 0 Å². The van der Waals surface area contributed by atoms with Gasteiger partial charge in [0.2, 0.25) is 10.0 Å². The summed E-state index contributed by atoms with van der Waals surface area (Å²) in [7, 11) is -1.04. The minimum atomic E-state index is -3.79. The van der Waals surface area contributed by atoms with E-state index in [1.165, 1.54) is 32.3 Å². The van der Waals surface area contributed by atoms with Gasteiger partial charge in [0.05, 0.1) is 24.7 Å². The van der Waals surface area contributed by atoms with Gasteiger partial charge in [-0.25, -0.2) is 12.7 Å². The predicted molar refractivity (Wildman–Crippen MR) is 120 cm³/mol. The van der Waals surface area contributed by atoms with Gasteiger partial charge in [0.1, 0.15) is 16.4 Å². The van der Waals surface area contributed by atoms with Crippen molar-refractivity contribution in [3.8, 4) is 11.5 Å². The lowest BCUT2D eigenvalue weighted by atomic mass is 10.3. The van der Waals surface area contributed by atoms with Crippen LogP contribution >= 0.6 is 11.6 Å². The number of hydrogen-bond acceptors (Lipinski definition) is 7. The van der Waals surface area contributed by atoms with Crippen LogP contribution < -0.4 is 14.8 Å². The molecule has 0 unspecified atom stereocenters. The molecule has 0 aromatic heterocycles. The molecule has 0 saturated heterocycles. The minimum Gasteiger partial charge on any atom is -0.494 e. The van der Waals surface area contributed by atoms with Crippen molar-refractivity contribution in [1.82, 2.24) is 4.31 Å². The number of ether oxygens (including phenoxy) is 3. The number of nitrogens with one attached hydrogen (secondary N) is 1. The summed E-state index contributed by atoms with van der Waals surface area (Å²) in [4.78, 5) is 23.7. The Kier molecular flexibility index (Phi) is 9.30. The molecule has 1 N–H and O–H groups in total. The lowest BCUT2D eigenvalue weighted by Crippen LogP contribution is -2.24. The maximum atomic E-state index is 12.3. The molecule has 0 spiro atoms. The van der Waals surface area contributed by atoms with Gasteiger partial charge >= 0.3 is 5.97 Å². The predicted octanol–water partition coefficient (Wildman–Crippen LogP) is 2.94. The third kappa shape index (κ3) is 7.40. The first-order chi connectivity index (χ1) is 15.1. The summed E-state index contributed by atoms with van der Waals surface area (Å²) >= 11 is 5.97. The van der Waals surface area contributed by atoms with Crippen LogP contribution in [0.25, 0.3) is 0 Å². The Bertz CT molecular complexity index is 1040. The van der Waals surface area contributed by atoms with Gasteiger partial charge < -0.3 is 19.5 Å². The smallest absolute Gasteiger partial charge is 0.309 e. The second-order valence-corrected chi connectivity index (χ2v) is 9.17. The van der Waals surface area contributed by atoms with Crippen molar-refractivity contribution in [2.75, 3.05) is 39.2 Å². The first-order valence-electron chi connectivity index (χ1n) is 9.66. The van der Waals surface area contributed by atoms with Crippen LogP contribution in [-0.4, -0.2) is 58.5 Å². The van der Waals surface area contributed by atoms with Crippen molar-refractivity contribution in [2.24, 2.45) is 0 Å². The van der Waals surface area contributed by atoms with Crippen LogP contribution in [0.5, 0.6) is 11.5 Å². The number of hydrogen-bond donors (Lipinski definition) is 1. The Hall–Kier alpha value is -2.82. The Morgan fingerprint density at radius 1 is 1.03 bits per heavy atom. The van der Waals surface area contributed by atoms with Gasteiger partial charge in [0.15, 0.2) is 6.61 Å². The number of esters is 1. The third-order valence-electron chi connectivity index (χ3n) is 4.05. The molecule has 174 valence electrons. The maximum Gasteiger partial charge on any atom is 0.309 e. The molecule has 32 heavy (non-hydrogen) atoms. The Morgan fingerprint density at radius 2 is 1.66 bits per heavy atom. The number of nitrogens with zero attached hydrogens (tertiary/aromatic N) is 1. The summed E-state index contributed by atoms with van der Waals surface area (Å²) < 4.78 is 41.3. The first kappa shape index (κ1) is 25.4. The molecule has 2 aromatic rings. The molecule has 2 aromatic carbocycles. The molecule has 11 heteroatoms. The fourth-order valence-electron chi connectivity index (χ4n) is 2.44. The first-order valence-corrected chi connectivity index (χ1v) is 11.5. The summed E-state index contributed by atoms with van der Waals surface area (Å²) in [6, 6.07) is 11.0. The van der Waals surface area contributed by atoms with Crippen LogP contribution in [0.1, 0.15) is 13.3 Å². The van der Waals surface area contributed by atoms with Crippen LogP contribution in [0.15, 0.2) is 47.4 Å². The van der Waals surface area contributed by atoms with Gasteiger partial charge in [-0.2, -0.15) is 0 Å². The monoisotopic (exact) mass is 484 g/mol. The van der Waals surface area contributed by atoms with Crippen molar-refractivity contribution >= 4 is 39.2 Å². The summed E-state index contributed by atoms with van der Waals surface area (Å²) in [6.45, 7) is 2.00. The van der Waals surface area contributed by atoms with E-state index in [0.29, 0.717) is 12.4 Å². The van der Waals surface area contributed by atoms with Crippen molar-refractivity contribution in [2.45, 2.75) is 18.2 Å². The number of sulfonamides is 1. The zero-order valence-corrected chi connectivity index (χ0v) is 19.5. The average molecular weight is 485 g/mol. The van der Waals surface area contributed by atoms with Gasteiger partial charge in [0.25, 0.3) is 5.91 Å². The van der Waals surface area contributed by atoms with Crippen LogP contribution in [-0.2, 0) is 24.3 Å². The zero-order chi connectivity index (χ0) is 23.7. The molecule has 0 aliphatic carbocycles. The number of rotatable bonds is 11. The Morgan fingerprint density at radius 3 is 2.25 bits per heavy atom. The summed E-state index contributed by atoms with van der Waals surface area (Å²) in [5.41, 5.74) is 0.203. The van der Waals surface area contributed by atoms with Crippen molar-refractivity contribution in [3.05, 3.63) is 47.5 Å². The number of carbonyl (C=O) groups excluding carboxylic acids is 2. The highest BCUT2D eigenvalue weighted by Gasteiger charge is 2.21. The highest BCUT2D eigenvalue weighted by Crippen LogP contribution is 2.26. The highest BCUT2D eigenvalue weighted by atomic mass is 35.5. The minimum absolute atomic E-state index is 0.0238. The van der Waals surface area contributed by atoms with E-state index < -0.39 is 28.5 Å². The normalized spacial score (nSPS) is 11.2. The fraction of sp³-hybridized carbons (Fsp3) is 0.333. The molecular weight excluding hydrogens is 460 g/mol. The van der Waals surface area contributed by atoms with Gasteiger partial charge in [-0.1, -0.05) is 11.6 Å². The van der Waals surface area contributed by atoms with E-state index in [1.54, 1.807) is 24.3 Å². The van der Waals surface area contributed by atoms with E-state index in [4.69, 9.17) is 25.8 Å². The van der Waals surface area contributed by atoms with Gasteiger partial charge in [-0.05, 0) is 49.4 Å². The molecule has 0 heterocycles. The Labute approximate surface area is 192 Å². The molecule has 0 aliphatic rings. The van der Waals surface area contributed by atoms with Gasteiger partial charge in [-0.15, -0.1) is 0 Å². The van der Waals surface area contributed by atoms with Crippen molar-refractivity contribution in [3.63, 3.8) is 0 Å². The Balaban J connectivity index is 1.79. The lowest BCUT2D eigenvalue weighted by Gasteiger charge is -2.14.